The first-order valence-electron chi connectivity index (χ1n) is 4.14. The molecule has 0 heterocycles. The predicted octanol–water partition coefficient (Wildman–Crippen LogP) is 2.97. The highest BCUT2D eigenvalue weighted by atomic mass is 14.5. The van der Waals surface area contributed by atoms with Crippen LogP contribution in [0.2, 0.25) is 0 Å². The van der Waals surface area contributed by atoms with Crippen LogP contribution in [0.3, 0.4) is 0 Å². The summed E-state index contributed by atoms with van der Waals surface area (Å²) in [4.78, 5) is 0. The van der Waals surface area contributed by atoms with Crippen LogP contribution < -0.4 is 11.5 Å². The number of hydrogen-bond donors (Lipinski definition) is 2. The lowest BCUT2D eigenvalue weighted by atomic mass is 10.4. The van der Waals surface area contributed by atoms with Crippen LogP contribution in [-0.4, -0.2) is 13.6 Å². The van der Waals surface area contributed by atoms with E-state index in [1.165, 1.54) is 7.05 Å². The molecular weight excluding hydrogens is 160 g/mol. The van der Waals surface area contributed by atoms with Gasteiger partial charge >= 0.3 is 0 Å². The summed E-state index contributed by atoms with van der Waals surface area (Å²) in [6.07, 6.45) is 9.23. The molecule has 0 bridgehead atoms. The molecule has 0 aromatic carbocycles. The van der Waals surface area contributed by atoms with Gasteiger partial charge in [0.05, 0.1) is 0 Å². The summed E-state index contributed by atoms with van der Waals surface area (Å²) >= 11 is 0. The number of hydrogen-bond acceptors (Lipinski definition) is 2. The molecule has 0 amide bonds. The van der Waals surface area contributed by atoms with Crippen molar-refractivity contribution in [3.8, 4) is 0 Å². The minimum Gasteiger partial charge on any atom is -0.333 e. The van der Waals surface area contributed by atoms with Crippen molar-refractivity contribution in [3.05, 3.63) is 37.0 Å². The van der Waals surface area contributed by atoms with Crippen molar-refractivity contribution < 1.29 is 2.85 Å². The second-order valence-corrected chi connectivity index (χ2v) is 1.28. The van der Waals surface area contributed by atoms with E-state index in [-0.39, 0.29) is 10.3 Å². The van der Waals surface area contributed by atoms with Gasteiger partial charge in [0.1, 0.15) is 0 Å². The average Bonchev–Trinajstić information content (AvgIpc) is 2.19. The molecule has 84 valence electrons. The van der Waals surface area contributed by atoms with Gasteiger partial charge in [-0.25, -0.2) is 0 Å². The first-order valence-corrected chi connectivity index (χ1v) is 4.14. The molecule has 2 nitrogen and oxygen atoms in total. The molecule has 0 radical (unpaired) electrons. The van der Waals surface area contributed by atoms with Crippen LogP contribution >= 0.6 is 0 Å². The first kappa shape index (κ1) is 22.7. The van der Waals surface area contributed by atoms with Crippen LogP contribution in [0.1, 0.15) is 24.1 Å². The Labute approximate surface area is 87.0 Å². The molecule has 0 saturated carbocycles. The zero-order chi connectivity index (χ0) is 10.2. The molecule has 2 heteroatoms. The Hall–Kier alpha value is -0.860. The van der Waals surface area contributed by atoms with Gasteiger partial charge in [0, 0.05) is 9.40 Å². The molecule has 0 atom stereocenters. The van der Waals surface area contributed by atoms with Gasteiger partial charge < -0.3 is 11.5 Å². The Kier molecular flexibility index (Phi) is 75.8. The fraction of sp³-hybridized carbons (Fsp3) is 0.455. The predicted molar refractivity (Wildman–Crippen MR) is 69.9 cm³/mol. The van der Waals surface area contributed by atoms with Crippen molar-refractivity contribution in [2.75, 3.05) is 13.6 Å². The maximum atomic E-state index is 5.16. The summed E-state index contributed by atoms with van der Waals surface area (Å²) in [5.74, 6) is 0. The van der Waals surface area contributed by atoms with Crippen molar-refractivity contribution in [2.45, 2.75) is 21.3 Å². The van der Waals surface area contributed by atoms with E-state index in [1.54, 1.807) is 6.08 Å². The summed E-state index contributed by atoms with van der Waals surface area (Å²) in [6.45, 7) is 8.11. The Bertz CT molecular complexity index is 113. The highest BCUT2D eigenvalue weighted by Crippen LogP contribution is 1.74. The molecule has 4 N–H and O–H groups in total. The van der Waals surface area contributed by atoms with Crippen LogP contribution in [0.15, 0.2) is 37.0 Å². The van der Waals surface area contributed by atoms with Crippen molar-refractivity contribution in [1.29, 1.82) is 0 Å². The lowest BCUT2D eigenvalue weighted by molar-refractivity contribution is 1.25. The Balaban J connectivity index is -0.0000000260. The van der Waals surface area contributed by atoms with Gasteiger partial charge in [0.25, 0.3) is 0 Å². The zero-order valence-corrected chi connectivity index (χ0v) is 8.46. The van der Waals surface area contributed by atoms with Gasteiger partial charge in [-0.15, -0.1) is 0 Å². The molecule has 0 aliphatic carbocycles. The van der Waals surface area contributed by atoms with E-state index in [1.807, 2.05) is 38.2 Å². The lowest BCUT2D eigenvalue weighted by Gasteiger charge is -1.72. The van der Waals surface area contributed by atoms with Gasteiger partial charge in [-0.3, -0.25) is 0 Å². The standard InChI is InChI=1S/C7H11N.C2H6.CH5N.CH4.2H2/c1-2-3-4-5-6-7-8;2*1-2;;;/h2-6H,1,7-8H2;1-2H3;2H2,1H3;1H4;2*1H/b4-3-,6-5+;;;;;. The van der Waals surface area contributed by atoms with Crippen LogP contribution in [0, 0.1) is 0 Å². The summed E-state index contributed by atoms with van der Waals surface area (Å²) in [5.41, 5.74) is 9.66. The van der Waals surface area contributed by atoms with Gasteiger partial charge in [-0.2, -0.15) is 0 Å². The molecule has 13 heavy (non-hydrogen) atoms. The fourth-order valence-electron chi connectivity index (χ4n) is 0.300. The second kappa shape index (κ2) is 43.4. The second-order valence-electron chi connectivity index (χ2n) is 1.28. The SMILES string of the molecule is C.C=C/C=C\C=C\CN.CC.CN.[HH].[HH]. The number of rotatable bonds is 3. The van der Waals surface area contributed by atoms with E-state index >= 15 is 0 Å². The maximum Gasteiger partial charge on any atom is 0.0109 e. The molecule has 0 rings (SSSR count). The zero-order valence-electron chi connectivity index (χ0n) is 8.46. The van der Waals surface area contributed by atoms with Crippen molar-refractivity contribution in [1.82, 2.24) is 0 Å². The third kappa shape index (κ3) is 54.3. The first-order chi connectivity index (χ1) is 5.91. The largest absolute Gasteiger partial charge is 0.333 e. The van der Waals surface area contributed by atoms with E-state index in [0.717, 1.165) is 0 Å². The normalized spacial score (nSPS) is 7.77. The Morgan fingerprint density at radius 2 is 1.62 bits per heavy atom. The summed E-state index contributed by atoms with van der Waals surface area (Å²) in [7, 11) is 1.50. The third-order valence-electron chi connectivity index (χ3n) is 0.630. The average molecular weight is 190 g/mol. The molecular formula is C11H30N2. The van der Waals surface area contributed by atoms with Gasteiger partial charge in [-0.1, -0.05) is 58.2 Å². The van der Waals surface area contributed by atoms with Gasteiger partial charge in [0.2, 0.25) is 0 Å². The van der Waals surface area contributed by atoms with Crippen molar-refractivity contribution in [3.63, 3.8) is 0 Å². The topological polar surface area (TPSA) is 52.0 Å². The van der Waals surface area contributed by atoms with E-state index in [0.29, 0.717) is 6.54 Å². The fourth-order valence-corrected chi connectivity index (χ4v) is 0.300. The monoisotopic (exact) mass is 190 g/mol. The molecule has 0 aliphatic rings. The third-order valence-corrected chi connectivity index (χ3v) is 0.630. The number of nitrogens with two attached hydrogens (primary N) is 2. The molecule has 0 aromatic heterocycles. The maximum absolute atomic E-state index is 5.16. The van der Waals surface area contributed by atoms with Gasteiger partial charge in [-0.05, 0) is 7.05 Å². The van der Waals surface area contributed by atoms with Crippen LogP contribution in [0.4, 0.5) is 0 Å². The highest BCUT2D eigenvalue weighted by Gasteiger charge is 1.58. The van der Waals surface area contributed by atoms with Crippen LogP contribution in [0.25, 0.3) is 0 Å². The summed E-state index contributed by atoms with van der Waals surface area (Å²) in [5, 5.41) is 0. The highest BCUT2D eigenvalue weighted by molar-refractivity contribution is 5.08. The quantitative estimate of drug-likeness (QED) is 0.672. The molecule has 0 fully saturated rings. The van der Waals surface area contributed by atoms with E-state index in [9.17, 15) is 0 Å². The summed E-state index contributed by atoms with van der Waals surface area (Å²) in [6, 6.07) is 0. The van der Waals surface area contributed by atoms with Crippen LogP contribution in [0.5, 0.6) is 0 Å². The Morgan fingerprint density at radius 3 is 1.92 bits per heavy atom. The summed E-state index contributed by atoms with van der Waals surface area (Å²) < 4.78 is 0. The van der Waals surface area contributed by atoms with E-state index in [2.05, 4.69) is 12.3 Å². The molecule has 0 unspecified atom stereocenters. The van der Waals surface area contributed by atoms with Gasteiger partial charge in [0.15, 0.2) is 0 Å². The van der Waals surface area contributed by atoms with Crippen molar-refractivity contribution in [2.24, 2.45) is 11.5 Å². The smallest absolute Gasteiger partial charge is 0.0109 e. The molecule has 0 spiro atoms. The molecule has 0 saturated heterocycles. The molecule has 0 aromatic rings. The Morgan fingerprint density at radius 1 is 1.15 bits per heavy atom. The number of allylic oxidation sites excluding steroid dienone is 4. The minimum atomic E-state index is 0. The van der Waals surface area contributed by atoms with E-state index in [4.69, 9.17) is 5.73 Å². The lowest BCUT2D eigenvalue weighted by Crippen LogP contribution is -1.91. The van der Waals surface area contributed by atoms with E-state index < -0.39 is 0 Å². The molecule has 0 aliphatic heterocycles. The minimum absolute atomic E-state index is 0. The van der Waals surface area contributed by atoms with Crippen LogP contribution in [-0.2, 0) is 0 Å². The van der Waals surface area contributed by atoms with Crippen molar-refractivity contribution >= 4 is 0 Å².